The van der Waals surface area contributed by atoms with Gasteiger partial charge in [0.15, 0.2) is 5.15 Å². The predicted molar refractivity (Wildman–Crippen MR) is 69.1 cm³/mol. The first kappa shape index (κ1) is 12.7. The highest BCUT2D eigenvalue weighted by Gasteiger charge is 2.16. The first-order valence-electron chi connectivity index (χ1n) is 6.20. The summed E-state index contributed by atoms with van der Waals surface area (Å²) < 4.78 is 0. The van der Waals surface area contributed by atoms with E-state index in [1.807, 2.05) is 6.07 Å². The molecule has 1 aliphatic rings. The third-order valence-electron chi connectivity index (χ3n) is 3.08. The third-order valence-corrected chi connectivity index (χ3v) is 3.28. The van der Waals surface area contributed by atoms with E-state index in [0.717, 1.165) is 38.4 Å². The van der Waals surface area contributed by atoms with Crippen LogP contribution in [0.3, 0.4) is 0 Å². The fourth-order valence-corrected chi connectivity index (χ4v) is 2.25. The van der Waals surface area contributed by atoms with Gasteiger partial charge in [0.1, 0.15) is 0 Å². The molecule has 17 heavy (non-hydrogen) atoms. The molecule has 0 aromatic carbocycles. The first-order chi connectivity index (χ1) is 8.28. The minimum atomic E-state index is 0.460. The normalized spacial score (nSPS) is 18.5. The van der Waals surface area contributed by atoms with Crippen molar-refractivity contribution >= 4 is 11.6 Å². The van der Waals surface area contributed by atoms with E-state index in [-0.39, 0.29) is 0 Å². The monoisotopic (exact) mass is 254 g/mol. The fourth-order valence-electron chi connectivity index (χ4n) is 2.14. The average molecular weight is 255 g/mol. The second kappa shape index (κ2) is 6.28. The lowest BCUT2D eigenvalue weighted by Gasteiger charge is -2.34. The number of hydrogen-bond donors (Lipinski definition) is 0. The van der Waals surface area contributed by atoms with Crippen molar-refractivity contribution < 1.29 is 0 Å². The summed E-state index contributed by atoms with van der Waals surface area (Å²) in [5, 5.41) is 8.42. The van der Waals surface area contributed by atoms with Crippen LogP contribution in [0.15, 0.2) is 12.1 Å². The molecule has 0 atom stereocenters. The Morgan fingerprint density at radius 2 is 1.82 bits per heavy atom. The maximum absolute atomic E-state index is 5.71. The number of rotatable bonds is 4. The number of nitrogens with zero attached hydrogens (tertiary/aromatic N) is 4. The van der Waals surface area contributed by atoms with Gasteiger partial charge in [-0.05, 0) is 25.1 Å². The second-order valence-corrected chi connectivity index (χ2v) is 4.85. The maximum Gasteiger partial charge on any atom is 0.151 e. The maximum atomic E-state index is 5.71. The highest BCUT2D eigenvalue weighted by atomic mass is 35.5. The Balaban J connectivity index is 1.79. The molecule has 5 heteroatoms. The Labute approximate surface area is 108 Å². The lowest BCUT2D eigenvalue weighted by atomic mass is 10.2. The van der Waals surface area contributed by atoms with Crippen LogP contribution in [0, 0.1) is 0 Å². The lowest BCUT2D eigenvalue weighted by molar-refractivity contribution is 0.126. The summed E-state index contributed by atoms with van der Waals surface area (Å²) >= 11 is 5.71. The average Bonchev–Trinajstić information content (AvgIpc) is 2.35. The van der Waals surface area contributed by atoms with Crippen molar-refractivity contribution in [3.8, 4) is 0 Å². The lowest BCUT2D eigenvalue weighted by Crippen LogP contribution is -2.46. The predicted octanol–water partition coefficient (Wildman–Crippen LogP) is 1.66. The van der Waals surface area contributed by atoms with Crippen molar-refractivity contribution in [2.24, 2.45) is 0 Å². The minimum absolute atomic E-state index is 0.460. The van der Waals surface area contributed by atoms with Gasteiger partial charge in [0.2, 0.25) is 0 Å². The molecule has 0 amide bonds. The molecule has 2 rings (SSSR count). The number of piperazine rings is 1. The van der Waals surface area contributed by atoms with E-state index in [1.165, 1.54) is 13.0 Å². The number of hydrogen-bond acceptors (Lipinski definition) is 4. The Bertz CT molecular complexity index is 333. The van der Waals surface area contributed by atoms with Crippen LogP contribution in [0.5, 0.6) is 0 Å². The van der Waals surface area contributed by atoms with Gasteiger partial charge in [0.25, 0.3) is 0 Å². The van der Waals surface area contributed by atoms with Crippen molar-refractivity contribution in [2.45, 2.75) is 19.9 Å². The van der Waals surface area contributed by atoms with Crippen molar-refractivity contribution in [2.75, 3.05) is 32.7 Å². The Hall–Kier alpha value is -0.710. The van der Waals surface area contributed by atoms with E-state index in [4.69, 9.17) is 11.6 Å². The molecule has 1 aliphatic heterocycles. The van der Waals surface area contributed by atoms with E-state index in [0.29, 0.717) is 5.15 Å². The topological polar surface area (TPSA) is 32.3 Å². The second-order valence-electron chi connectivity index (χ2n) is 4.47. The van der Waals surface area contributed by atoms with Gasteiger partial charge in [-0.15, -0.1) is 5.10 Å². The van der Waals surface area contributed by atoms with Crippen molar-refractivity contribution in [3.05, 3.63) is 23.0 Å². The SMILES string of the molecule is CCCN1CCN(Cc2ccc(Cl)nn2)CC1. The zero-order valence-corrected chi connectivity index (χ0v) is 11.0. The van der Waals surface area contributed by atoms with E-state index >= 15 is 0 Å². The van der Waals surface area contributed by atoms with Gasteiger partial charge < -0.3 is 4.90 Å². The van der Waals surface area contributed by atoms with Crippen molar-refractivity contribution in [1.29, 1.82) is 0 Å². The molecular formula is C12H19ClN4. The summed E-state index contributed by atoms with van der Waals surface area (Å²) in [4.78, 5) is 4.94. The zero-order chi connectivity index (χ0) is 12.1. The van der Waals surface area contributed by atoms with E-state index in [9.17, 15) is 0 Å². The summed E-state index contributed by atoms with van der Waals surface area (Å²) in [6.07, 6.45) is 1.24. The van der Waals surface area contributed by atoms with Gasteiger partial charge >= 0.3 is 0 Å². The summed E-state index contributed by atoms with van der Waals surface area (Å²) in [6, 6.07) is 3.75. The molecule has 0 radical (unpaired) electrons. The molecule has 0 aliphatic carbocycles. The van der Waals surface area contributed by atoms with Crippen molar-refractivity contribution in [1.82, 2.24) is 20.0 Å². The van der Waals surface area contributed by atoms with E-state index in [2.05, 4.69) is 26.9 Å². The van der Waals surface area contributed by atoms with Crippen LogP contribution in [0.4, 0.5) is 0 Å². The van der Waals surface area contributed by atoms with Gasteiger partial charge in [-0.25, -0.2) is 0 Å². The van der Waals surface area contributed by atoms with Crippen LogP contribution >= 0.6 is 11.6 Å². The summed E-state index contributed by atoms with van der Waals surface area (Å²) in [5.41, 5.74) is 0.998. The van der Waals surface area contributed by atoms with E-state index < -0.39 is 0 Å². The molecule has 0 unspecified atom stereocenters. The molecule has 1 aromatic heterocycles. The van der Waals surface area contributed by atoms with Gasteiger partial charge in [-0.1, -0.05) is 18.5 Å². The quantitative estimate of drug-likeness (QED) is 0.818. The van der Waals surface area contributed by atoms with Crippen molar-refractivity contribution in [3.63, 3.8) is 0 Å². The minimum Gasteiger partial charge on any atom is -0.301 e. The smallest absolute Gasteiger partial charge is 0.151 e. The van der Waals surface area contributed by atoms with Crippen LogP contribution in [0.25, 0.3) is 0 Å². The molecule has 94 valence electrons. The summed E-state index contributed by atoms with van der Waals surface area (Å²) in [7, 11) is 0. The molecule has 1 aromatic rings. The third kappa shape index (κ3) is 3.91. The summed E-state index contributed by atoms with van der Waals surface area (Å²) in [5.74, 6) is 0. The molecule has 0 bridgehead atoms. The largest absolute Gasteiger partial charge is 0.301 e. The van der Waals surface area contributed by atoms with Crippen LogP contribution < -0.4 is 0 Å². The molecule has 0 saturated carbocycles. The van der Waals surface area contributed by atoms with Gasteiger partial charge in [0, 0.05) is 32.7 Å². The molecule has 2 heterocycles. The van der Waals surface area contributed by atoms with Crippen LogP contribution in [-0.2, 0) is 6.54 Å². The Morgan fingerprint density at radius 1 is 1.12 bits per heavy atom. The molecule has 0 spiro atoms. The molecule has 4 nitrogen and oxygen atoms in total. The molecule has 1 fully saturated rings. The Kier molecular flexibility index (Phi) is 4.71. The highest BCUT2D eigenvalue weighted by Crippen LogP contribution is 2.08. The Morgan fingerprint density at radius 3 is 2.41 bits per heavy atom. The number of halogens is 1. The van der Waals surface area contributed by atoms with Gasteiger partial charge in [0.05, 0.1) is 5.69 Å². The van der Waals surface area contributed by atoms with Gasteiger partial charge in [-0.2, -0.15) is 5.10 Å². The molecule has 1 saturated heterocycles. The standard InChI is InChI=1S/C12H19ClN4/c1-2-5-16-6-8-17(9-7-16)10-11-3-4-12(13)15-14-11/h3-4H,2,5-10H2,1H3. The van der Waals surface area contributed by atoms with Crippen LogP contribution in [0.2, 0.25) is 5.15 Å². The fraction of sp³-hybridized carbons (Fsp3) is 0.667. The zero-order valence-electron chi connectivity index (χ0n) is 10.3. The first-order valence-corrected chi connectivity index (χ1v) is 6.58. The van der Waals surface area contributed by atoms with E-state index in [1.54, 1.807) is 6.07 Å². The molecular weight excluding hydrogens is 236 g/mol. The summed E-state index contributed by atoms with van der Waals surface area (Å²) in [6.45, 7) is 8.88. The number of aromatic nitrogens is 2. The van der Waals surface area contributed by atoms with Crippen LogP contribution in [0.1, 0.15) is 19.0 Å². The highest BCUT2D eigenvalue weighted by molar-refractivity contribution is 6.29. The van der Waals surface area contributed by atoms with Gasteiger partial charge in [-0.3, -0.25) is 4.90 Å². The van der Waals surface area contributed by atoms with Crippen LogP contribution in [-0.4, -0.2) is 52.7 Å². The molecule has 0 N–H and O–H groups in total.